The number of thioether (sulfide) groups is 1. The lowest BCUT2D eigenvalue weighted by molar-refractivity contribution is -0.146. The first kappa shape index (κ1) is 24.1. The summed E-state index contributed by atoms with van der Waals surface area (Å²) in [6.45, 7) is 0.487. The van der Waals surface area contributed by atoms with E-state index in [2.05, 4.69) is 34.6 Å². The Kier molecular flexibility index (Phi) is 9.41. The Hall–Kier alpha value is -2.54. The predicted octanol–water partition coefficient (Wildman–Crippen LogP) is 3.96. The highest BCUT2D eigenvalue weighted by Crippen LogP contribution is 2.38. The topological polar surface area (TPSA) is 77.5 Å². The number of carbonyl (C=O) groups is 2. The van der Waals surface area contributed by atoms with Gasteiger partial charge in [0.2, 0.25) is 5.91 Å². The van der Waals surface area contributed by atoms with Gasteiger partial charge in [-0.15, -0.1) is 0 Å². The van der Waals surface area contributed by atoms with Crippen LogP contribution in [-0.2, 0) is 14.3 Å². The Labute approximate surface area is 194 Å². The molecule has 0 saturated heterocycles. The molecule has 6 nitrogen and oxygen atoms in total. The minimum Gasteiger partial charge on any atom is -0.488 e. The predicted molar refractivity (Wildman–Crippen MR) is 127 cm³/mol. The van der Waals surface area contributed by atoms with E-state index >= 15 is 0 Å². The van der Waals surface area contributed by atoms with Crippen molar-refractivity contribution < 1.29 is 19.1 Å². The Morgan fingerprint density at radius 3 is 2.88 bits per heavy atom. The molecule has 1 aromatic rings. The Balaban J connectivity index is 1.71. The number of nitrogens with one attached hydrogen (secondary N) is 1. The summed E-state index contributed by atoms with van der Waals surface area (Å²) in [6.07, 6.45) is 18.9. The van der Waals surface area contributed by atoms with Crippen molar-refractivity contribution in [2.75, 3.05) is 25.7 Å². The molecular weight excluding hydrogens is 424 g/mol. The van der Waals surface area contributed by atoms with E-state index in [1.807, 2.05) is 24.5 Å². The van der Waals surface area contributed by atoms with Crippen LogP contribution in [0.4, 0.5) is 0 Å². The molecule has 1 aromatic heterocycles. The molecule has 0 saturated carbocycles. The van der Waals surface area contributed by atoms with Gasteiger partial charge >= 0.3 is 5.97 Å². The van der Waals surface area contributed by atoms with Gasteiger partial charge in [0.15, 0.2) is 0 Å². The maximum absolute atomic E-state index is 13.3. The zero-order chi connectivity index (χ0) is 22.8. The number of allylic oxidation sites excluding steroid dienone is 5. The number of esters is 1. The molecule has 1 N–H and O–H groups in total. The first-order valence-corrected chi connectivity index (χ1v) is 12.4. The summed E-state index contributed by atoms with van der Waals surface area (Å²) < 4.78 is 10.8. The van der Waals surface area contributed by atoms with Crippen LogP contribution in [0.1, 0.15) is 25.7 Å². The normalized spacial score (nSPS) is 23.2. The first-order chi connectivity index (χ1) is 15.6. The van der Waals surface area contributed by atoms with Gasteiger partial charge in [-0.05, 0) is 67.2 Å². The second-order valence-corrected chi connectivity index (χ2v) is 9.11. The van der Waals surface area contributed by atoms with Crippen molar-refractivity contribution in [2.24, 2.45) is 17.8 Å². The van der Waals surface area contributed by atoms with E-state index in [4.69, 9.17) is 9.47 Å². The number of hydrogen-bond acceptors (Lipinski definition) is 6. The second-order valence-electron chi connectivity index (χ2n) is 8.13. The standard InChI is InChI=1S/C25H32N2O4S/c1-30-25(29)23(12-14-32-2)27-24(28)21-11-10-18(17-31-20-9-6-13-26-16-20)15-22(21)19-7-4-3-5-8-19/h3-7,9-10,13,16,19,21-23H,8,11-12,14-15,17H2,1-2H3,(H,27,28)/t19?,21?,22?,23-/m0/s1. The molecule has 0 radical (unpaired) electrons. The number of rotatable bonds is 10. The summed E-state index contributed by atoms with van der Waals surface area (Å²) in [4.78, 5) is 29.6. The van der Waals surface area contributed by atoms with Crippen molar-refractivity contribution in [3.8, 4) is 5.75 Å². The summed E-state index contributed by atoms with van der Waals surface area (Å²) in [5.41, 5.74) is 1.19. The van der Waals surface area contributed by atoms with Gasteiger partial charge in [-0.25, -0.2) is 4.79 Å². The van der Waals surface area contributed by atoms with Crippen molar-refractivity contribution in [3.63, 3.8) is 0 Å². The van der Waals surface area contributed by atoms with Crippen LogP contribution < -0.4 is 10.1 Å². The highest BCUT2D eigenvalue weighted by Gasteiger charge is 2.37. The molecule has 172 valence electrons. The SMILES string of the molecule is COC(=O)[C@H](CCSC)NC(=O)C1CC=C(COc2cccnc2)CC1C1C=CC=CC1. The molecule has 1 heterocycles. The van der Waals surface area contributed by atoms with E-state index in [-0.39, 0.29) is 29.6 Å². The fraction of sp³-hybridized carbons (Fsp3) is 0.480. The van der Waals surface area contributed by atoms with Crippen molar-refractivity contribution in [1.82, 2.24) is 10.3 Å². The van der Waals surface area contributed by atoms with E-state index in [0.717, 1.165) is 24.3 Å². The molecule has 2 aliphatic rings. The van der Waals surface area contributed by atoms with Crippen LogP contribution in [0.2, 0.25) is 0 Å². The van der Waals surface area contributed by atoms with Gasteiger partial charge in [0.05, 0.1) is 13.3 Å². The second kappa shape index (κ2) is 12.5. The van der Waals surface area contributed by atoms with E-state index in [9.17, 15) is 9.59 Å². The zero-order valence-electron chi connectivity index (χ0n) is 18.7. The van der Waals surface area contributed by atoms with Crippen molar-refractivity contribution in [3.05, 3.63) is 60.5 Å². The van der Waals surface area contributed by atoms with Crippen molar-refractivity contribution in [1.29, 1.82) is 0 Å². The van der Waals surface area contributed by atoms with Gasteiger partial charge in [-0.2, -0.15) is 11.8 Å². The van der Waals surface area contributed by atoms with E-state index < -0.39 is 6.04 Å². The number of hydrogen-bond donors (Lipinski definition) is 1. The average molecular weight is 457 g/mol. The summed E-state index contributed by atoms with van der Waals surface area (Å²) in [5, 5.41) is 2.98. The van der Waals surface area contributed by atoms with Crippen LogP contribution in [-0.4, -0.2) is 48.6 Å². The fourth-order valence-corrected chi connectivity index (χ4v) is 4.77. The van der Waals surface area contributed by atoms with Gasteiger partial charge in [0, 0.05) is 12.1 Å². The number of carbonyl (C=O) groups excluding carboxylic acids is 2. The molecule has 2 aliphatic carbocycles. The maximum Gasteiger partial charge on any atom is 0.328 e. The van der Waals surface area contributed by atoms with Gasteiger partial charge in [0.25, 0.3) is 0 Å². The minimum atomic E-state index is -0.610. The number of methoxy groups -OCH3 is 1. The first-order valence-electron chi connectivity index (χ1n) is 11.0. The summed E-state index contributed by atoms with van der Waals surface area (Å²) >= 11 is 1.64. The third-order valence-electron chi connectivity index (χ3n) is 6.05. The summed E-state index contributed by atoms with van der Waals surface area (Å²) in [7, 11) is 1.36. The monoisotopic (exact) mass is 456 g/mol. The molecule has 4 atom stereocenters. The quantitative estimate of drug-likeness (QED) is 0.424. The third-order valence-corrected chi connectivity index (χ3v) is 6.69. The summed E-state index contributed by atoms with van der Waals surface area (Å²) in [6, 6.07) is 3.13. The third kappa shape index (κ3) is 6.73. The van der Waals surface area contributed by atoms with Crippen LogP contribution in [0.15, 0.2) is 60.5 Å². The number of amides is 1. The van der Waals surface area contributed by atoms with Crippen LogP contribution >= 0.6 is 11.8 Å². The lowest BCUT2D eigenvalue weighted by atomic mass is 9.70. The van der Waals surface area contributed by atoms with Crippen LogP contribution in [0.25, 0.3) is 0 Å². The van der Waals surface area contributed by atoms with Gasteiger partial charge in [-0.3, -0.25) is 9.78 Å². The molecule has 7 heteroatoms. The molecule has 1 amide bonds. The van der Waals surface area contributed by atoms with Crippen LogP contribution in [0.3, 0.4) is 0 Å². The number of nitrogens with zero attached hydrogens (tertiary/aromatic N) is 1. The Morgan fingerprint density at radius 2 is 2.19 bits per heavy atom. The average Bonchev–Trinajstić information content (AvgIpc) is 2.85. The lowest BCUT2D eigenvalue weighted by Crippen LogP contribution is -2.47. The summed E-state index contributed by atoms with van der Waals surface area (Å²) in [5.74, 6) is 1.28. The highest BCUT2D eigenvalue weighted by atomic mass is 32.2. The molecule has 0 aliphatic heterocycles. The highest BCUT2D eigenvalue weighted by molar-refractivity contribution is 7.98. The molecule has 0 aromatic carbocycles. The fourth-order valence-electron chi connectivity index (χ4n) is 4.30. The number of aromatic nitrogens is 1. The molecule has 3 unspecified atom stereocenters. The molecule has 0 fully saturated rings. The van der Waals surface area contributed by atoms with Gasteiger partial charge in [0.1, 0.15) is 18.4 Å². The van der Waals surface area contributed by atoms with E-state index in [1.54, 1.807) is 24.2 Å². The van der Waals surface area contributed by atoms with Crippen LogP contribution in [0, 0.1) is 17.8 Å². The lowest BCUT2D eigenvalue weighted by Gasteiger charge is -2.36. The van der Waals surface area contributed by atoms with Gasteiger partial charge in [-0.1, -0.05) is 30.4 Å². The number of ether oxygens (including phenoxy) is 2. The zero-order valence-corrected chi connectivity index (χ0v) is 19.6. The van der Waals surface area contributed by atoms with Crippen molar-refractivity contribution in [2.45, 2.75) is 31.7 Å². The molecule has 32 heavy (non-hydrogen) atoms. The van der Waals surface area contributed by atoms with Gasteiger partial charge < -0.3 is 14.8 Å². The Morgan fingerprint density at radius 1 is 1.31 bits per heavy atom. The Bertz CT molecular complexity index is 853. The van der Waals surface area contributed by atoms with Crippen molar-refractivity contribution >= 4 is 23.6 Å². The smallest absolute Gasteiger partial charge is 0.328 e. The molecular formula is C25H32N2O4S. The molecule has 3 rings (SSSR count). The largest absolute Gasteiger partial charge is 0.488 e. The minimum absolute atomic E-state index is 0.0714. The molecule has 0 spiro atoms. The van der Waals surface area contributed by atoms with E-state index in [0.29, 0.717) is 19.4 Å². The number of pyridine rings is 1. The molecule has 0 bridgehead atoms. The maximum atomic E-state index is 13.3. The van der Waals surface area contributed by atoms with Crippen LogP contribution in [0.5, 0.6) is 5.75 Å². The van der Waals surface area contributed by atoms with E-state index in [1.165, 1.54) is 12.7 Å².